The van der Waals surface area contributed by atoms with Crippen molar-refractivity contribution in [3.05, 3.63) is 46.8 Å². The van der Waals surface area contributed by atoms with E-state index in [4.69, 9.17) is 5.73 Å². The molecule has 1 spiro atoms. The number of nitriles is 1. The van der Waals surface area contributed by atoms with Crippen molar-refractivity contribution in [1.82, 2.24) is 9.80 Å². The molecule has 1 aromatic carbocycles. The van der Waals surface area contributed by atoms with Crippen LogP contribution in [0, 0.1) is 16.7 Å². The summed E-state index contributed by atoms with van der Waals surface area (Å²) in [6.07, 6.45) is 0.683. The van der Waals surface area contributed by atoms with Crippen LogP contribution in [0.2, 0.25) is 0 Å². The molecule has 0 aliphatic carbocycles. The van der Waals surface area contributed by atoms with Crippen molar-refractivity contribution >= 4 is 11.8 Å². The van der Waals surface area contributed by atoms with Crippen LogP contribution in [0.15, 0.2) is 35.7 Å². The molecule has 0 radical (unpaired) electrons. The predicted molar refractivity (Wildman–Crippen MR) is 107 cm³/mol. The molecule has 0 fully saturated rings. The van der Waals surface area contributed by atoms with Crippen LogP contribution in [-0.4, -0.2) is 33.7 Å². The Hall–Kier alpha value is -2.81. The second kappa shape index (κ2) is 6.10. The van der Waals surface area contributed by atoms with Gasteiger partial charge in [0, 0.05) is 23.2 Å². The highest BCUT2D eigenvalue weighted by Gasteiger charge is 2.65. The zero-order valence-corrected chi connectivity index (χ0v) is 17.5. The average molecular weight is 380 g/mol. The number of hydrogen-bond acceptors (Lipinski definition) is 4. The molecule has 0 aromatic heterocycles. The first kappa shape index (κ1) is 19.9. The zero-order valence-electron chi connectivity index (χ0n) is 17.5. The Labute approximate surface area is 166 Å². The number of hydrogen-bond donors (Lipinski definition) is 1. The van der Waals surface area contributed by atoms with Gasteiger partial charge in [0.1, 0.15) is 17.5 Å². The molecule has 2 aliphatic rings. The minimum absolute atomic E-state index is 0.0551. The summed E-state index contributed by atoms with van der Waals surface area (Å²) in [5.74, 6) is -0.428. The first-order valence-corrected chi connectivity index (χ1v) is 9.60. The third-order valence-corrected chi connectivity index (χ3v) is 5.57. The van der Waals surface area contributed by atoms with E-state index in [1.54, 1.807) is 24.3 Å². The molecular formula is C22H28N4O2. The molecule has 0 saturated carbocycles. The largest absolute Gasteiger partial charge is 0.384 e. The highest BCUT2D eigenvalue weighted by Crippen LogP contribution is 2.52. The van der Waals surface area contributed by atoms with Gasteiger partial charge in [0.2, 0.25) is 0 Å². The number of carbonyl (C=O) groups is 2. The number of carbonyl (C=O) groups excluding carboxylic acids is 2. The van der Waals surface area contributed by atoms with Gasteiger partial charge < -0.3 is 10.6 Å². The summed E-state index contributed by atoms with van der Waals surface area (Å²) in [5.41, 5.74) is 5.41. The Bertz CT molecular complexity index is 933. The van der Waals surface area contributed by atoms with E-state index in [2.05, 4.69) is 26.8 Å². The Morgan fingerprint density at radius 2 is 1.75 bits per heavy atom. The Morgan fingerprint density at radius 1 is 1.14 bits per heavy atom. The minimum atomic E-state index is -1.48. The molecule has 2 amide bonds. The van der Waals surface area contributed by atoms with Gasteiger partial charge in [0.15, 0.2) is 5.54 Å². The van der Waals surface area contributed by atoms with E-state index in [9.17, 15) is 14.9 Å². The number of likely N-dealkylation sites (N-methyl/N-ethyl adjacent to an activating group) is 1. The van der Waals surface area contributed by atoms with Crippen molar-refractivity contribution in [1.29, 1.82) is 5.26 Å². The standard InChI is InChI=1S/C22H28N4O2/c1-7-25-18(27)14-10-8-9-11-15(14)22(25)16(12-23)17(24)26(19(22)28)21(5,6)13-20(2,3)4/h8-11H,7,13,24H2,1-6H3/t22-/m1/s1. The van der Waals surface area contributed by atoms with E-state index in [0.717, 1.165) is 0 Å². The van der Waals surface area contributed by atoms with Crippen LogP contribution in [-0.2, 0) is 10.3 Å². The highest BCUT2D eigenvalue weighted by atomic mass is 16.2. The summed E-state index contributed by atoms with van der Waals surface area (Å²) in [4.78, 5) is 30.1. The van der Waals surface area contributed by atoms with Gasteiger partial charge in [-0.15, -0.1) is 0 Å². The number of nitrogens with two attached hydrogens (primary N) is 1. The SMILES string of the molecule is CCN1C(=O)c2ccccc2[C@@]12C(=O)N(C(C)(C)CC(C)(C)C)C(N)=C2C#N. The van der Waals surface area contributed by atoms with Gasteiger partial charge in [0.25, 0.3) is 11.8 Å². The van der Waals surface area contributed by atoms with E-state index < -0.39 is 11.1 Å². The fourth-order valence-corrected chi connectivity index (χ4v) is 5.10. The van der Waals surface area contributed by atoms with Gasteiger partial charge in [-0.05, 0) is 38.7 Å². The van der Waals surface area contributed by atoms with Crippen LogP contribution in [0.3, 0.4) is 0 Å². The quantitative estimate of drug-likeness (QED) is 0.872. The van der Waals surface area contributed by atoms with E-state index >= 15 is 0 Å². The van der Waals surface area contributed by atoms with Crippen LogP contribution < -0.4 is 5.73 Å². The first-order valence-electron chi connectivity index (χ1n) is 9.60. The molecule has 0 bridgehead atoms. The van der Waals surface area contributed by atoms with Gasteiger partial charge in [-0.3, -0.25) is 14.5 Å². The molecule has 6 heteroatoms. The van der Waals surface area contributed by atoms with E-state index in [1.165, 1.54) is 9.80 Å². The second-order valence-corrected chi connectivity index (χ2v) is 9.37. The van der Waals surface area contributed by atoms with Crippen LogP contribution in [0.1, 0.15) is 63.9 Å². The third-order valence-electron chi connectivity index (χ3n) is 5.57. The van der Waals surface area contributed by atoms with Gasteiger partial charge in [0.05, 0.1) is 0 Å². The maximum atomic E-state index is 14.0. The fraction of sp³-hybridized carbons (Fsp3) is 0.500. The van der Waals surface area contributed by atoms with E-state index in [1.807, 2.05) is 20.8 Å². The lowest BCUT2D eigenvalue weighted by Crippen LogP contribution is -2.56. The maximum absolute atomic E-state index is 14.0. The monoisotopic (exact) mass is 380 g/mol. The Balaban J connectivity index is 2.28. The number of amides is 2. The summed E-state index contributed by atoms with van der Waals surface area (Å²) in [7, 11) is 0. The summed E-state index contributed by atoms with van der Waals surface area (Å²) < 4.78 is 0. The highest BCUT2D eigenvalue weighted by molar-refractivity contribution is 6.11. The van der Waals surface area contributed by atoms with Gasteiger partial charge in [-0.25, -0.2) is 0 Å². The van der Waals surface area contributed by atoms with Crippen molar-refractivity contribution < 1.29 is 9.59 Å². The molecule has 148 valence electrons. The fourth-order valence-electron chi connectivity index (χ4n) is 5.10. The van der Waals surface area contributed by atoms with E-state index in [-0.39, 0.29) is 28.6 Å². The number of fused-ring (bicyclic) bond motifs is 2. The lowest BCUT2D eigenvalue weighted by Gasteiger charge is -2.42. The topological polar surface area (TPSA) is 90.4 Å². The molecular weight excluding hydrogens is 352 g/mol. The Morgan fingerprint density at radius 3 is 2.29 bits per heavy atom. The summed E-state index contributed by atoms with van der Waals surface area (Å²) in [6.45, 7) is 12.3. The lowest BCUT2D eigenvalue weighted by atomic mass is 9.80. The molecule has 2 aliphatic heterocycles. The van der Waals surface area contributed by atoms with Crippen molar-refractivity contribution in [2.75, 3.05) is 6.54 Å². The van der Waals surface area contributed by atoms with Gasteiger partial charge in [-0.1, -0.05) is 39.0 Å². The zero-order chi connectivity index (χ0) is 21.1. The van der Waals surface area contributed by atoms with Gasteiger partial charge >= 0.3 is 0 Å². The molecule has 1 atom stereocenters. The van der Waals surface area contributed by atoms with Crippen LogP contribution >= 0.6 is 0 Å². The molecule has 28 heavy (non-hydrogen) atoms. The normalized spacial score (nSPS) is 22.3. The second-order valence-electron chi connectivity index (χ2n) is 9.37. The smallest absolute Gasteiger partial charge is 0.264 e. The van der Waals surface area contributed by atoms with Crippen molar-refractivity contribution in [3.63, 3.8) is 0 Å². The predicted octanol–water partition coefficient (Wildman–Crippen LogP) is 3.11. The molecule has 2 N–H and O–H groups in total. The van der Waals surface area contributed by atoms with E-state index in [0.29, 0.717) is 24.1 Å². The number of rotatable bonds is 3. The molecule has 1 aromatic rings. The van der Waals surface area contributed by atoms with Crippen molar-refractivity contribution in [2.24, 2.45) is 11.1 Å². The summed E-state index contributed by atoms with van der Waals surface area (Å²) in [5, 5.41) is 10.0. The molecule has 6 nitrogen and oxygen atoms in total. The first-order chi connectivity index (χ1) is 12.9. The van der Waals surface area contributed by atoms with Crippen LogP contribution in [0.25, 0.3) is 0 Å². The minimum Gasteiger partial charge on any atom is -0.384 e. The number of benzene rings is 1. The van der Waals surface area contributed by atoms with Gasteiger partial charge in [-0.2, -0.15) is 5.26 Å². The van der Waals surface area contributed by atoms with Crippen LogP contribution in [0.4, 0.5) is 0 Å². The molecule has 0 unspecified atom stereocenters. The number of nitrogens with zero attached hydrogens (tertiary/aromatic N) is 3. The molecule has 2 heterocycles. The van der Waals surface area contributed by atoms with Crippen LogP contribution in [0.5, 0.6) is 0 Å². The average Bonchev–Trinajstić information content (AvgIpc) is 2.96. The summed E-state index contributed by atoms with van der Waals surface area (Å²) in [6, 6.07) is 9.18. The molecule has 0 saturated heterocycles. The summed E-state index contributed by atoms with van der Waals surface area (Å²) >= 11 is 0. The third kappa shape index (κ3) is 2.46. The Kier molecular flexibility index (Phi) is 4.34. The lowest BCUT2D eigenvalue weighted by molar-refractivity contribution is -0.141. The maximum Gasteiger partial charge on any atom is 0.264 e. The van der Waals surface area contributed by atoms with Crippen molar-refractivity contribution in [3.8, 4) is 6.07 Å². The molecule has 3 rings (SSSR count). The van der Waals surface area contributed by atoms with Crippen molar-refractivity contribution in [2.45, 2.75) is 59.0 Å².